The Morgan fingerprint density at radius 2 is 1.71 bits per heavy atom. The van der Waals surface area contributed by atoms with Gasteiger partial charge in [0.15, 0.2) is 5.11 Å². The van der Waals surface area contributed by atoms with Crippen molar-refractivity contribution in [2.45, 2.75) is 39.8 Å². The second-order valence-electron chi connectivity index (χ2n) is 9.87. The molecular formula is C29H31N5O2S2. The Bertz CT molecular complexity index is 1610. The predicted molar refractivity (Wildman–Crippen MR) is 158 cm³/mol. The highest BCUT2D eigenvalue weighted by atomic mass is 32.2. The monoisotopic (exact) mass is 545 g/mol. The summed E-state index contributed by atoms with van der Waals surface area (Å²) >= 11 is 5.88. The lowest BCUT2D eigenvalue weighted by Gasteiger charge is -2.28. The van der Waals surface area contributed by atoms with Crippen LogP contribution in [0.2, 0.25) is 0 Å². The van der Waals surface area contributed by atoms with Crippen LogP contribution in [0.15, 0.2) is 72.9 Å². The lowest BCUT2D eigenvalue weighted by Crippen LogP contribution is -2.29. The molecule has 0 aliphatic carbocycles. The van der Waals surface area contributed by atoms with E-state index < -0.39 is 10.0 Å². The van der Waals surface area contributed by atoms with Gasteiger partial charge in [0, 0.05) is 34.6 Å². The van der Waals surface area contributed by atoms with E-state index in [1.807, 2.05) is 30.3 Å². The molecule has 0 saturated carbocycles. The fourth-order valence-electron chi connectivity index (χ4n) is 5.27. The number of pyridine rings is 1. The number of hydrogen-bond donors (Lipinski definition) is 2. The van der Waals surface area contributed by atoms with Gasteiger partial charge in [-0.05, 0) is 105 Å². The first-order valence-electron chi connectivity index (χ1n) is 12.4. The molecule has 2 N–H and O–H groups in total. The van der Waals surface area contributed by atoms with Crippen LogP contribution in [0, 0.1) is 27.7 Å². The van der Waals surface area contributed by atoms with Gasteiger partial charge >= 0.3 is 0 Å². The van der Waals surface area contributed by atoms with Crippen molar-refractivity contribution in [3.8, 4) is 5.69 Å². The van der Waals surface area contributed by atoms with E-state index in [9.17, 15) is 8.42 Å². The molecule has 1 fully saturated rings. The number of nitrogens with zero attached hydrogens (tertiary/aromatic N) is 3. The molecule has 0 radical (unpaired) electrons. The second kappa shape index (κ2) is 9.89. The molecule has 1 aliphatic heterocycles. The first-order chi connectivity index (χ1) is 18.0. The summed E-state index contributed by atoms with van der Waals surface area (Å²) in [5.74, 6) is 0. The van der Waals surface area contributed by atoms with Gasteiger partial charge in [0.05, 0.1) is 24.0 Å². The molecule has 2 aromatic heterocycles. The van der Waals surface area contributed by atoms with Gasteiger partial charge in [-0.15, -0.1) is 0 Å². The van der Waals surface area contributed by atoms with E-state index in [0.29, 0.717) is 10.8 Å². The highest BCUT2D eigenvalue weighted by Gasteiger charge is 2.42. The van der Waals surface area contributed by atoms with Gasteiger partial charge in [-0.2, -0.15) is 0 Å². The molecule has 38 heavy (non-hydrogen) atoms. The molecule has 5 rings (SSSR count). The minimum Gasteiger partial charge on any atom is -0.351 e. The Hall–Kier alpha value is -3.69. The molecular weight excluding hydrogens is 514 g/mol. The summed E-state index contributed by atoms with van der Waals surface area (Å²) in [7, 11) is -3.37. The van der Waals surface area contributed by atoms with Gasteiger partial charge in [-0.3, -0.25) is 9.71 Å². The van der Waals surface area contributed by atoms with E-state index in [1.165, 1.54) is 11.1 Å². The number of rotatable bonds is 6. The van der Waals surface area contributed by atoms with Gasteiger partial charge in [-0.1, -0.05) is 18.2 Å². The Balaban J connectivity index is 1.65. The number of thiocarbonyl (C=S) groups is 1. The van der Waals surface area contributed by atoms with Crippen LogP contribution in [-0.4, -0.2) is 29.3 Å². The molecule has 0 spiro atoms. The number of hydrogen-bond acceptors (Lipinski definition) is 4. The minimum atomic E-state index is -3.37. The maximum absolute atomic E-state index is 11.7. The summed E-state index contributed by atoms with van der Waals surface area (Å²) in [6.45, 7) is 8.52. The van der Waals surface area contributed by atoms with E-state index in [2.05, 4.69) is 76.5 Å². The Morgan fingerprint density at radius 1 is 0.974 bits per heavy atom. The van der Waals surface area contributed by atoms with Crippen LogP contribution >= 0.6 is 12.2 Å². The SMILES string of the molecule is Cc1ccc(C)c(-n2c(C)cc([C@H]3[C@@H](c4ccccn4)NC(=S)N3c3ccc(NS(C)(=O)=O)cc3)c2C)c1. The largest absolute Gasteiger partial charge is 0.351 e. The van der Waals surface area contributed by atoms with Crippen LogP contribution in [0.4, 0.5) is 11.4 Å². The summed E-state index contributed by atoms with van der Waals surface area (Å²) < 4.78 is 28.2. The topological polar surface area (TPSA) is 79.3 Å². The maximum atomic E-state index is 11.7. The highest BCUT2D eigenvalue weighted by molar-refractivity contribution is 7.92. The van der Waals surface area contributed by atoms with Crippen molar-refractivity contribution in [3.63, 3.8) is 0 Å². The van der Waals surface area contributed by atoms with E-state index in [1.54, 1.807) is 18.3 Å². The normalized spacial score (nSPS) is 17.5. The van der Waals surface area contributed by atoms with E-state index in [-0.39, 0.29) is 12.1 Å². The van der Waals surface area contributed by atoms with Gasteiger partial charge < -0.3 is 14.8 Å². The fourth-order valence-corrected chi connectivity index (χ4v) is 6.18. The van der Waals surface area contributed by atoms with Crippen LogP contribution in [0.3, 0.4) is 0 Å². The molecule has 196 valence electrons. The van der Waals surface area contributed by atoms with Gasteiger partial charge in [0.1, 0.15) is 0 Å². The molecule has 1 saturated heterocycles. The number of nitrogens with one attached hydrogen (secondary N) is 2. The summed E-state index contributed by atoms with van der Waals surface area (Å²) in [6, 6.07) is 21.6. The molecule has 2 aromatic carbocycles. The third-order valence-electron chi connectivity index (χ3n) is 6.94. The zero-order valence-corrected chi connectivity index (χ0v) is 23.7. The second-order valence-corrected chi connectivity index (χ2v) is 12.0. The quantitative estimate of drug-likeness (QED) is 0.305. The van der Waals surface area contributed by atoms with Gasteiger partial charge in [0.25, 0.3) is 0 Å². The summed E-state index contributed by atoms with van der Waals surface area (Å²) in [5, 5.41) is 4.10. The zero-order valence-electron chi connectivity index (χ0n) is 22.1. The molecule has 9 heteroatoms. The molecule has 4 aromatic rings. The Morgan fingerprint density at radius 3 is 2.37 bits per heavy atom. The van der Waals surface area contributed by atoms with Crippen molar-refractivity contribution in [1.29, 1.82) is 0 Å². The van der Waals surface area contributed by atoms with Crippen molar-refractivity contribution in [3.05, 3.63) is 107 Å². The number of anilines is 2. The van der Waals surface area contributed by atoms with Crippen molar-refractivity contribution < 1.29 is 8.42 Å². The molecule has 2 atom stereocenters. The van der Waals surface area contributed by atoms with Crippen LogP contribution < -0.4 is 14.9 Å². The van der Waals surface area contributed by atoms with Crippen LogP contribution in [0.1, 0.15) is 45.9 Å². The zero-order chi connectivity index (χ0) is 27.2. The lowest BCUT2D eigenvalue weighted by atomic mass is 9.96. The van der Waals surface area contributed by atoms with Crippen molar-refractivity contribution in [2.24, 2.45) is 0 Å². The van der Waals surface area contributed by atoms with Crippen molar-refractivity contribution >= 4 is 38.7 Å². The minimum absolute atomic E-state index is 0.170. The number of benzene rings is 2. The Labute approximate surface area is 229 Å². The first kappa shape index (κ1) is 25.9. The van der Waals surface area contributed by atoms with Crippen LogP contribution in [0.5, 0.6) is 0 Å². The lowest BCUT2D eigenvalue weighted by molar-refractivity contribution is 0.565. The Kier molecular flexibility index (Phi) is 6.75. The maximum Gasteiger partial charge on any atom is 0.229 e. The number of aryl methyl sites for hydroxylation is 3. The summed E-state index contributed by atoms with van der Waals surface area (Å²) in [4.78, 5) is 6.77. The van der Waals surface area contributed by atoms with Crippen LogP contribution in [0.25, 0.3) is 5.69 Å². The fraction of sp³-hybridized carbons (Fsp3) is 0.241. The molecule has 7 nitrogen and oxygen atoms in total. The van der Waals surface area contributed by atoms with E-state index >= 15 is 0 Å². The smallest absolute Gasteiger partial charge is 0.229 e. The third kappa shape index (κ3) is 4.91. The van der Waals surface area contributed by atoms with E-state index in [4.69, 9.17) is 12.2 Å². The predicted octanol–water partition coefficient (Wildman–Crippen LogP) is 5.65. The van der Waals surface area contributed by atoms with Gasteiger partial charge in [-0.25, -0.2) is 8.42 Å². The van der Waals surface area contributed by atoms with Gasteiger partial charge in [0.2, 0.25) is 10.0 Å². The molecule has 0 amide bonds. The van der Waals surface area contributed by atoms with Crippen molar-refractivity contribution in [1.82, 2.24) is 14.9 Å². The van der Waals surface area contributed by atoms with Crippen LogP contribution in [-0.2, 0) is 10.0 Å². The van der Waals surface area contributed by atoms with Crippen molar-refractivity contribution in [2.75, 3.05) is 15.9 Å². The molecule has 3 heterocycles. The third-order valence-corrected chi connectivity index (χ3v) is 7.86. The molecule has 1 aliphatic rings. The average molecular weight is 546 g/mol. The molecule has 0 unspecified atom stereocenters. The van der Waals surface area contributed by atoms with E-state index in [0.717, 1.165) is 40.3 Å². The highest BCUT2D eigenvalue weighted by Crippen LogP contribution is 2.44. The summed E-state index contributed by atoms with van der Waals surface area (Å²) in [6.07, 6.45) is 2.93. The first-order valence-corrected chi connectivity index (χ1v) is 14.7. The average Bonchev–Trinajstić information content (AvgIpc) is 3.36. The standard InChI is InChI=1S/C29H31N5O2S2/c1-18-9-10-19(2)26(16-18)33-20(3)17-24(21(33)4)28-27(25-8-6-7-15-30-25)31-29(37)34(28)23-13-11-22(12-14-23)32-38(5,35)36/h6-17,27-28,32H,1-5H3,(H,31,37)/t27-,28+/m1/s1. The molecule has 0 bridgehead atoms. The number of aromatic nitrogens is 2. The summed E-state index contributed by atoms with van der Waals surface area (Å²) in [5.41, 5.74) is 9.25. The number of sulfonamides is 1.